The summed E-state index contributed by atoms with van der Waals surface area (Å²) in [7, 11) is 0. The van der Waals surface area contributed by atoms with Crippen molar-refractivity contribution in [1.29, 1.82) is 0 Å². The molecule has 0 spiro atoms. The van der Waals surface area contributed by atoms with Crippen LogP contribution in [0.4, 0.5) is 0 Å². The normalized spacial score (nSPS) is 11.4. The van der Waals surface area contributed by atoms with Crippen LogP contribution in [0.3, 0.4) is 0 Å². The van der Waals surface area contributed by atoms with E-state index in [4.69, 9.17) is 4.74 Å². The maximum atomic E-state index is 12.1. The Morgan fingerprint density at radius 2 is 2.04 bits per heavy atom. The minimum atomic E-state index is -0.291. The van der Waals surface area contributed by atoms with Gasteiger partial charge in [0.15, 0.2) is 0 Å². The van der Waals surface area contributed by atoms with E-state index in [9.17, 15) is 4.79 Å². The molecule has 120 valence electrons. The maximum Gasteiger partial charge on any atom is 0.339 e. The SMILES string of the molecule is C=CCn1c2ccccc2c2ccn3cc(C(=O)OCC)cc3c21. The number of aromatic nitrogens is 2. The number of pyridine rings is 1. The Morgan fingerprint density at radius 3 is 2.83 bits per heavy atom. The lowest BCUT2D eigenvalue weighted by Gasteiger charge is -2.05. The highest BCUT2D eigenvalue weighted by Gasteiger charge is 2.16. The molecule has 1 aromatic carbocycles. The lowest BCUT2D eigenvalue weighted by molar-refractivity contribution is 0.0526. The van der Waals surface area contributed by atoms with Gasteiger partial charge in [0, 0.05) is 35.2 Å². The van der Waals surface area contributed by atoms with Gasteiger partial charge < -0.3 is 13.7 Å². The molecule has 0 saturated carbocycles. The van der Waals surface area contributed by atoms with Crippen LogP contribution >= 0.6 is 0 Å². The van der Waals surface area contributed by atoms with Crippen molar-refractivity contribution in [3.05, 3.63) is 67.0 Å². The van der Waals surface area contributed by atoms with Crippen LogP contribution in [0.15, 0.2) is 61.4 Å². The van der Waals surface area contributed by atoms with Crippen LogP contribution in [0.25, 0.3) is 27.3 Å². The van der Waals surface area contributed by atoms with E-state index in [1.807, 2.05) is 48.0 Å². The minimum absolute atomic E-state index is 0.291. The van der Waals surface area contributed by atoms with Crippen molar-refractivity contribution in [2.24, 2.45) is 0 Å². The predicted molar refractivity (Wildman–Crippen MR) is 96.6 cm³/mol. The van der Waals surface area contributed by atoms with Crippen LogP contribution in [-0.2, 0) is 11.3 Å². The average molecular weight is 318 g/mol. The molecule has 0 N–H and O–H groups in total. The zero-order valence-electron chi connectivity index (χ0n) is 13.5. The van der Waals surface area contributed by atoms with E-state index in [0.717, 1.165) is 11.0 Å². The summed E-state index contributed by atoms with van der Waals surface area (Å²) in [6.07, 6.45) is 5.71. The largest absolute Gasteiger partial charge is 0.462 e. The van der Waals surface area contributed by atoms with Crippen molar-refractivity contribution in [1.82, 2.24) is 8.97 Å². The maximum absolute atomic E-state index is 12.1. The van der Waals surface area contributed by atoms with E-state index >= 15 is 0 Å². The van der Waals surface area contributed by atoms with Crippen LogP contribution in [0.1, 0.15) is 17.3 Å². The number of carbonyl (C=O) groups excluding carboxylic acids is 1. The highest BCUT2D eigenvalue weighted by Crippen LogP contribution is 2.32. The van der Waals surface area contributed by atoms with E-state index in [-0.39, 0.29) is 5.97 Å². The molecule has 3 aromatic heterocycles. The molecule has 0 fully saturated rings. The number of nitrogens with zero attached hydrogens (tertiary/aromatic N) is 2. The lowest BCUT2D eigenvalue weighted by atomic mass is 10.2. The van der Waals surface area contributed by atoms with Crippen molar-refractivity contribution in [2.75, 3.05) is 6.61 Å². The van der Waals surface area contributed by atoms with E-state index in [2.05, 4.69) is 29.3 Å². The number of hydrogen-bond donors (Lipinski definition) is 0. The average Bonchev–Trinajstić information content (AvgIpc) is 3.15. The molecule has 0 aliphatic carbocycles. The molecule has 4 aromatic rings. The van der Waals surface area contributed by atoms with Gasteiger partial charge in [-0.05, 0) is 25.1 Å². The highest BCUT2D eigenvalue weighted by molar-refractivity contribution is 6.13. The second-order valence-electron chi connectivity index (χ2n) is 5.74. The number of fused-ring (bicyclic) bond motifs is 5. The molecule has 4 heteroatoms. The topological polar surface area (TPSA) is 35.6 Å². The quantitative estimate of drug-likeness (QED) is 0.413. The number of benzene rings is 1. The molecule has 4 nitrogen and oxygen atoms in total. The minimum Gasteiger partial charge on any atom is -0.462 e. The summed E-state index contributed by atoms with van der Waals surface area (Å²) < 4.78 is 9.35. The Balaban J connectivity index is 2.09. The van der Waals surface area contributed by atoms with E-state index < -0.39 is 0 Å². The number of carbonyl (C=O) groups is 1. The Hall–Kier alpha value is -3.01. The first-order valence-electron chi connectivity index (χ1n) is 8.04. The monoisotopic (exact) mass is 318 g/mol. The lowest BCUT2D eigenvalue weighted by Crippen LogP contribution is -2.02. The molecule has 24 heavy (non-hydrogen) atoms. The number of esters is 1. The van der Waals surface area contributed by atoms with Gasteiger partial charge in [-0.15, -0.1) is 6.58 Å². The second-order valence-corrected chi connectivity index (χ2v) is 5.74. The number of para-hydroxylation sites is 1. The Morgan fingerprint density at radius 1 is 1.21 bits per heavy atom. The van der Waals surface area contributed by atoms with E-state index in [1.165, 1.54) is 16.3 Å². The fourth-order valence-electron chi connectivity index (χ4n) is 3.37. The Kier molecular flexibility index (Phi) is 3.38. The third-order valence-corrected chi connectivity index (χ3v) is 4.33. The molecular weight excluding hydrogens is 300 g/mol. The molecule has 0 saturated heterocycles. The van der Waals surface area contributed by atoms with Crippen LogP contribution in [0, 0.1) is 0 Å². The summed E-state index contributed by atoms with van der Waals surface area (Å²) >= 11 is 0. The van der Waals surface area contributed by atoms with Crippen molar-refractivity contribution in [3.8, 4) is 0 Å². The summed E-state index contributed by atoms with van der Waals surface area (Å²) in [6, 6.07) is 12.3. The zero-order valence-corrected chi connectivity index (χ0v) is 13.5. The third-order valence-electron chi connectivity index (χ3n) is 4.33. The fraction of sp³-hybridized carbons (Fsp3) is 0.150. The summed E-state index contributed by atoms with van der Waals surface area (Å²) in [4.78, 5) is 12.1. The first-order chi connectivity index (χ1) is 11.7. The van der Waals surface area contributed by atoms with Gasteiger partial charge in [0.05, 0.1) is 23.2 Å². The van der Waals surface area contributed by atoms with Crippen molar-refractivity contribution in [2.45, 2.75) is 13.5 Å². The number of hydrogen-bond acceptors (Lipinski definition) is 2. The van der Waals surface area contributed by atoms with Crippen LogP contribution in [0.2, 0.25) is 0 Å². The zero-order chi connectivity index (χ0) is 16.7. The highest BCUT2D eigenvalue weighted by atomic mass is 16.5. The van der Waals surface area contributed by atoms with Gasteiger partial charge in [0.25, 0.3) is 0 Å². The Labute approximate surface area is 139 Å². The van der Waals surface area contributed by atoms with Gasteiger partial charge in [-0.1, -0.05) is 24.3 Å². The third kappa shape index (κ3) is 2.03. The molecule has 0 aliphatic heterocycles. The van der Waals surface area contributed by atoms with E-state index in [1.54, 1.807) is 0 Å². The van der Waals surface area contributed by atoms with Crippen LogP contribution < -0.4 is 0 Å². The molecule has 0 atom stereocenters. The standard InChI is InChI=1S/C20H18N2O2/c1-3-10-22-17-8-6-5-7-15(17)16-9-11-21-13-14(20(23)24-4-2)12-18(21)19(16)22/h3,5-9,11-13H,1,4,10H2,2H3. The van der Waals surface area contributed by atoms with Crippen LogP contribution in [-0.4, -0.2) is 21.5 Å². The predicted octanol–water partition coefficient (Wildman–Crippen LogP) is 4.41. The van der Waals surface area contributed by atoms with Gasteiger partial charge in [-0.2, -0.15) is 0 Å². The summed E-state index contributed by atoms with van der Waals surface area (Å²) in [5.74, 6) is -0.291. The first-order valence-corrected chi connectivity index (χ1v) is 8.04. The number of allylic oxidation sites excluding steroid dienone is 1. The summed E-state index contributed by atoms with van der Waals surface area (Å²) in [5, 5.41) is 2.38. The second kappa shape index (κ2) is 5.57. The van der Waals surface area contributed by atoms with Gasteiger partial charge in [0.2, 0.25) is 0 Å². The first kappa shape index (κ1) is 14.6. The molecule has 0 amide bonds. The van der Waals surface area contributed by atoms with Crippen LogP contribution in [0.5, 0.6) is 0 Å². The molecular formula is C20H18N2O2. The molecule has 0 bridgehead atoms. The van der Waals surface area contributed by atoms with Gasteiger partial charge in [-0.25, -0.2) is 4.79 Å². The van der Waals surface area contributed by atoms with Crippen molar-refractivity contribution >= 4 is 33.3 Å². The van der Waals surface area contributed by atoms with Gasteiger partial charge >= 0.3 is 5.97 Å². The molecule has 4 rings (SSSR count). The van der Waals surface area contributed by atoms with E-state index in [0.29, 0.717) is 18.7 Å². The van der Waals surface area contributed by atoms with Gasteiger partial charge in [0.1, 0.15) is 0 Å². The number of ether oxygens (including phenoxy) is 1. The Bertz CT molecular complexity index is 1090. The summed E-state index contributed by atoms with van der Waals surface area (Å²) in [6.45, 7) is 6.78. The van der Waals surface area contributed by atoms with Crippen molar-refractivity contribution < 1.29 is 9.53 Å². The molecule has 0 unspecified atom stereocenters. The number of rotatable bonds is 4. The molecule has 3 heterocycles. The molecule has 0 radical (unpaired) electrons. The molecule has 0 aliphatic rings. The van der Waals surface area contributed by atoms with Gasteiger partial charge in [-0.3, -0.25) is 0 Å². The summed E-state index contributed by atoms with van der Waals surface area (Å²) in [5.41, 5.74) is 3.84. The smallest absolute Gasteiger partial charge is 0.339 e. The fourth-order valence-corrected chi connectivity index (χ4v) is 3.37. The van der Waals surface area contributed by atoms with Crippen molar-refractivity contribution in [3.63, 3.8) is 0 Å².